The van der Waals surface area contributed by atoms with Crippen molar-refractivity contribution in [2.24, 2.45) is 0 Å². The van der Waals surface area contributed by atoms with Crippen molar-refractivity contribution in [3.05, 3.63) is 23.2 Å². The standard InChI is InChI=1S/C14H23NO3/c1-11-8-13(10-17-7-3-6-16-2)18-14(11)9-15-12-4-5-12/h8,12,15H,3-7,9-10H2,1-2H3. The molecule has 0 atom stereocenters. The summed E-state index contributed by atoms with van der Waals surface area (Å²) in [6, 6.07) is 2.78. The van der Waals surface area contributed by atoms with Crippen LogP contribution in [0.2, 0.25) is 0 Å². The maximum atomic E-state index is 5.78. The molecule has 1 saturated carbocycles. The molecule has 1 aliphatic carbocycles. The fraction of sp³-hybridized carbons (Fsp3) is 0.714. The maximum absolute atomic E-state index is 5.78. The zero-order valence-corrected chi connectivity index (χ0v) is 11.3. The highest BCUT2D eigenvalue weighted by Gasteiger charge is 2.21. The summed E-state index contributed by atoms with van der Waals surface area (Å²) < 4.78 is 16.3. The lowest BCUT2D eigenvalue weighted by Gasteiger charge is -2.02. The maximum Gasteiger partial charge on any atom is 0.130 e. The third-order valence-electron chi connectivity index (χ3n) is 3.08. The number of ether oxygens (including phenoxy) is 2. The molecule has 0 unspecified atom stereocenters. The van der Waals surface area contributed by atoms with Gasteiger partial charge in [-0.15, -0.1) is 0 Å². The van der Waals surface area contributed by atoms with Gasteiger partial charge in [0, 0.05) is 26.4 Å². The molecule has 0 bridgehead atoms. The molecule has 0 aromatic carbocycles. The van der Waals surface area contributed by atoms with E-state index in [1.807, 2.05) is 0 Å². The molecule has 18 heavy (non-hydrogen) atoms. The Morgan fingerprint density at radius 3 is 2.94 bits per heavy atom. The Bertz CT molecular complexity index is 358. The third-order valence-corrected chi connectivity index (χ3v) is 3.08. The smallest absolute Gasteiger partial charge is 0.130 e. The Hall–Kier alpha value is -0.840. The number of furan rings is 1. The van der Waals surface area contributed by atoms with E-state index < -0.39 is 0 Å². The van der Waals surface area contributed by atoms with Crippen LogP contribution in [0.15, 0.2) is 10.5 Å². The Morgan fingerprint density at radius 2 is 2.22 bits per heavy atom. The van der Waals surface area contributed by atoms with Gasteiger partial charge in [-0.25, -0.2) is 0 Å². The van der Waals surface area contributed by atoms with Crippen molar-refractivity contribution in [1.29, 1.82) is 0 Å². The van der Waals surface area contributed by atoms with Crippen molar-refractivity contribution in [2.45, 2.75) is 45.4 Å². The zero-order valence-electron chi connectivity index (χ0n) is 11.3. The first-order valence-corrected chi connectivity index (χ1v) is 6.68. The predicted molar refractivity (Wildman–Crippen MR) is 69.5 cm³/mol. The minimum atomic E-state index is 0.550. The second-order valence-electron chi connectivity index (χ2n) is 4.87. The van der Waals surface area contributed by atoms with Crippen LogP contribution in [0.1, 0.15) is 36.3 Å². The van der Waals surface area contributed by atoms with Crippen LogP contribution < -0.4 is 5.32 Å². The van der Waals surface area contributed by atoms with Crippen LogP contribution in [0.4, 0.5) is 0 Å². The molecule has 1 fully saturated rings. The lowest BCUT2D eigenvalue weighted by molar-refractivity contribution is 0.0820. The fourth-order valence-electron chi connectivity index (χ4n) is 1.84. The monoisotopic (exact) mass is 253 g/mol. The van der Waals surface area contributed by atoms with Gasteiger partial charge in [0.2, 0.25) is 0 Å². The molecule has 0 radical (unpaired) electrons. The average Bonchev–Trinajstić information content (AvgIpc) is 3.11. The summed E-state index contributed by atoms with van der Waals surface area (Å²) in [6.45, 7) is 4.92. The number of nitrogens with one attached hydrogen (secondary N) is 1. The average molecular weight is 253 g/mol. The first-order valence-electron chi connectivity index (χ1n) is 6.68. The lowest BCUT2D eigenvalue weighted by atomic mass is 10.2. The van der Waals surface area contributed by atoms with Crippen molar-refractivity contribution in [1.82, 2.24) is 5.32 Å². The van der Waals surface area contributed by atoms with Crippen LogP contribution in [0, 0.1) is 6.92 Å². The van der Waals surface area contributed by atoms with Crippen LogP contribution in [-0.4, -0.2) is 26.4 Å². The van der Waals surface area contributed by atoms with Gasteiger partial charge in [-0.05, 0) is 37.8 Å². The Balaban J connectivity index is 1.69. The molecule has 1 aliphatic rings. The largest absolute Gasteiger partial charge is 0.462 e. The summed E-state index contributed by atoms with van der Waals surface area (Å²) >= 11 is 0. The van der Waals surface area contributed by atoms with Crippen molar-refractivity contribution >= 4 is 0 Å². The number of aryl methyl sites for hydroxylation is 1. The van der Waals surface area contributed by atoms with Crippen molar-refractivity contribution in [2.75, 3.05) is 20.3 Å². The van der Waals surface area contributed by atoms with Crippen molar-refractivity contribution < 1.29 is 13.9 Å². The van der Waals surface area contributed by atoms with Crippen LogP contribution >= 0.6 is 0 Å². The van der Waals surface area contributed by atoms with E-state index in [2.05, 4.69) is 18.3 Å². The number of hydrogen-bond donors (Lipinski definition) is 1. The van der Waals surface area contributed by atoms with Gasteiger partial charge in [-0.1, -0.05) is 0 Å². The molecule has 0 saturated heterocycles. The van der Waals surface area contributed by atoms with Gasteiger partial charge in [0.25, 0.3) is 0 Å². The molecule has 0 aliphatic heterocycles. The highest BCUT2D eigenvalue weighted by molar-refractivity contribution is 5.19. The summed E-state index contributed by atoms with van der Waals surface area (Å²) in [6.07, 6.45) is 3.52. The first-order chi connectivity index (χ1) is 8.79. The van der Waals surface area contributed by atoms with Gasteiger partial charge in [0.1, 0.15) is 18.1 Å². The fourth-order valence-corrected chi connectivity index (χ4v) is 1.84. The molecular weight excluding hydrogens is 230 g/mol. The van der Waals surface area contributed by atoms with E-state index >= 15 is 0 Å². The quantitative estimate of drug-likeness (QED) is 0.686. The number of methoxy groups -OCH3 is 1. The van der Waals surface area contributed by atoms with Crippen LogP contribution in [0.5, 0.6) is 0 Å². The SMILES string of the molecule is COCCCOCc1cc(C)c(CNC2CC2)o1. The van der Waals surface area contributed by atoms with Gasteiger partial charge in [-0.2, -0.15) is 0 Å². The van der Waals surface area contributed by atoms with E-state index in [-0.39, 0.29) is 0 Å². The van der Waals surface area contributed by atoms with Crippen LogP contribution in [0.3, 0.4) is 0 Å². The van der Waals surface area contributed by atoms with E-state index in [0.29, 0.717) is 19.3 Å². The molecule has 4 heteroatoms. The highest BCUT2D eigenvalue weighted by atomic mass is 16.5. The van der Waals surface area contributed by atoms with E-state index in [0.717, 1.165) is 31.1 Å². The van der Waals surface area contributed by atoms with Gasteiger partial charge >= 0.3 is 0 Å². The van der Waals surface area contributed by atoms with Crippen LogP contribution in [0.25, 0.3) is 0 Å². The van der Waals surface area contributed by atoms with Crippen molar-refractivity contribution in [3.8, 4) is 0 Å². The topological polar surface area (TPSA) is 43.6 Å². The molecule has 4 nitrogen and oxygen atoms in total. The van der Waals surface area contributed by atoms with Gasteiger partial charge in [-0.3, -0.25) is 0 Å². The summed E-state index contributed by atoms with van der Waals surface area (Å²) in [4.78, 5) is 0. The van der Waals surface area contributed by atoms with E-state index in [1.54, 1.807) is 7.11 Å². The van der Waals surface area contributed by atoms with Gasteiger partial charge < -0.3 is 19.2 Å². The van der Waals surface area contributed by atoms with Gasteiger partial charge in [0.05, 0.1) is 6.54 Å². The van der Waals surface area contributed by atoms with Crippen molar-refractivity contribution in [3.63, 3.8) is 0 Å². The molecule has 0 amide bonds. The zero-order chi connectivity index (χ0) is 12.8. The number of hydrogen-bond acceptors (Lipinski definition) is 4. The third kappa shape index (κ3) is 4.44. The number of rotatable bonds is 9. The molecule has 2 rings (SSSR count). The summed E-state index contributed by atoms with van der Waals surface area (Å²) in [7, 11) is 1.70. The highest BCUT2D eigenvalue weighted by Crippen LogP contribution is 2.21. The Morgan fingerprint density at radius 1 is 1.39 bits per heavy atom. The summed E-state index contributed by atoms with van der Waals surface area (Å²) in [5.74, 6) is 1.95. The predicted octanol–water partition coefficient (Wildman–Crippen LogP) is 2.39. The van der Waals surface area contributed by atoms with E-state index in [4.69, 9.17) is 13.9 Å². The van der Waals surface area contributed by atoms with E-state index in [1.165, 1.54) is 18.4 Å². The Kier molecular flexibility index (Phi) is 5.23. The second-order valence-corrected chi connectivity index (χ2v) is 4.87. The Labute approximate surface area is 109 Å². The molecule has 1 aromatic heterocycles. The molecule has 1 aromatic rings. The minimum Gasteiger partial charge on any atom is -0.462 e. The molecule has 102 valence electrons. The van der Waals surface area contributed by atoms with Crippen LogP contribution in [-0.2, 0) is 22.6 Å². The van der Waals surface area contributed by atoms with Gasteiger partial charge in [0.15, 0.2) is 0 Å². The molecule has 1 N–H and O–H groups in total. The normalized spacial score (nSPS) is 15.2. The molecule has 1 heterocycles. The first kappa shape index (κ1) is 13.6. The second kappa shape index (κ2) is 6.92. The molecular formula is C14H23NO3. The minimum absolute atomic E-state index is 0.550. The summed E-state index contributed by atoms with van der Waals surface area (Å²) in [5, 5.41) is 3.46. The lowest BCUT2D eigenvalue weighted by Crippen LogP contribution is -2.15. The summed E-state index contributed by atoms with van der Waals surface area (Å²) in [5.41, 5.74) is 1.21. The van der Waals surface area contributed by atoms with E-state index in [9.17, 15) is 0 Å². The molecule has 0 spiro atoms.